The van der Waals surface area contributed by atoms with Crippen LogP contribution in [0.1, 0.15) is 31.0 Å². The quantitative estimate of drug-likeness (QED) is 0.187. The SMILES string of the molecule is CCOC(=O)C1=C(C)N=c2s/c(=C/c3ccc(OCCOc4cccc(OC)c4)c(OC)c3)c(=O)n2C1c1ccccc1. The van der Waals surface area contributed by atoms with E-state index >= 15 is 0 Å². The summed E-state index contributed by atoms with van der Waals surface area (Å²) in [7, 11) is 3.17. The molecule has 1 atom stereocenters. The van der Waals surface area contributed by atoms with Crippen LogP contribution in [0, 0.1) is 0 Å². The highest BCUT2D eigenvalue weighted by molar-refractivity contribution is 7.07. The Hall–Kier alpha value is -4.83. The van der Waals surface area contributed by atoms with Crippen molar-refractivity contribution in [1.29, 1.82) is 0 Å². The number of fused-ring (bicyclic) bond motifs is 1. The third-order valence-electron chi connectivity index (χ3n) is 6.77. The summed E-state index contributed by atoms with van der Waals surface area (Å²) in [5.74, 6) is 1.99. The molecule has 0 aliphatic carbocycles. The van der Waals surface area contributed by atoms with E-state index < -0.39 is 12.0 Å². The summed E-state index contributed by atoms with van der Waals surface area (Å²) in [5.41, 5.74) is 2.18. The summed E-state index contributed by atoms with van der Waals surface area (Å²) >= 11 is 1.27. The fourth-order valence-corrected chi connectivity index (χ4v) is 5.84. The van der Waals surface area contributed by atoms with Crippen molar-refractivity contribution in [2.45, 2.75) is 19.9 Å². The molecule has 2 heterocycles. The van der Waals surface area contributed by atoms with E-state index in [1.807, 2.05) is 54.6 Å². The van der Waals surface area contributed by atoms with Crippen molar-refractivity contribution in [2.75, 3.05) is 34.0 Å². The van der Waals surface area contributed by atoms with Gasteiger partial charge in [-0.3, -0.25) is 9.36 Å². The van der Waals surface area contributed by atoms with E-state index in [0.717, 1.165) is 11.1 Å². The molecule has 10 heteroatoms. The second-order valence-electron chi connectivity index (χ2n) is 9.50. The monoisotopic (exact) mass is 600 g/mol. The van der Waals surface area contributed by atoms with E-state index in [4.69, 9.17) is 23.7 Å². The lowest BCUT2D eigenvalue weighted by molar-refractivity contribution is -0.139. The van der Waals surface area contributed by atoms with Gasteiger partial charge in [-0.15, -0.1) is 0 Å². The Kier molecular flexibility index (Phi) is 9.26. The first-order chi connectivity index (χ1) is 20.9. The fourth-order valence-electron chi connectivity index (χ4n) is 4.79. The van der Waals surface area contributed by atoms with Crippen LogP contribution in [0.5, 0.6) is 23.0 Å². The van der Waals surface area contributed by atoms with Crippen molar-refractivity contribution in [2.24, 2.45) is 4.99 Å². The molecule has 1 aromatic heterocycles. The van der Waals surface area contributed by atoms with Crippen molar-refractivity contribution in [3.8, 4) is 23.0 Å². The molecule has 222 valence electrons. The maximum Gasteiger partial charge on any atom is 0.338 e. The van der Waals surface area contributed by atoms with Crippen LogP contribution < -0.4 is 33.8 Å². The Morgan fingerprint density at radius 2 is 1.70 bits per heavy atom. The maximum absolute atomic E-state index is 13.8. The van der Waals surface area contributed by atoms with Crippen LogP contribution >= 0.6 is 11.3 Å². The predicted molar refractivity (Wildman–Crippen MR) is 164 cm³/mol. The molecule has 0 bridgehead atoms. The molecule has 1 unspecified atom stereocenters. The van der Waals surface area contributed by atoms with Crippen LogP contribution in [0.2, 0.25) is 0 Å². The van der Waals surface area contributed by atoms with Gasteiger partial charge < -0.3 is 23.7 Å². The lowest BCUT2D eigenvalue weighted by Gasteiger charge is -2.24. The Morgan fingerprint density at radius 1 is 0.930 bits per heavy atom. The molecule has 0 amide bonds. The number of carbonyl (C=O) groups is 1. The molecule has 43 heavy (non-hydrogen) atoms. The third-order valence-corrected chi connectivity index (χ3v) is 7.75. The molecule has 1 aliphatic heterocycles. The van der Waals surface area contributed by atoms with Gasteiger partial charge in [-0.05, 0) is 55.3 Å². The zero-order chi connectivity index (χ0) is 30.3. The molecule has 0 saturated heterocycles. The summed E-state index contributed by atoms with van der Waals surface area (Å²) in [6.07, 6.45) is 1.79. The maximum atomic E-state index is 13.8. The second-order valence-corrected chi connectivity index (χ2v) is 10.5. The molecule has 9 nitrogen and oxygen atoms in total. The average molecular weight is 601 g/mol. The molecule has 0 saturated carbocycles. The standard InChI is InChI=1S/C33H32N2O7S/c1-5-40-32(37)29-21(2)34-33-35(30(29)23-10-7-6-8-11-23)31(36)28(43-33)19-22-14-15-26(27(18-22)39-4)42-17-16-41-25-13-9-12-24(20-25)38-3/h6-15,18-20,30H,5,16-17H2,1-4H3/b28-19+. The third kappa shape index (κ3) is 6.49. The highest BCUT2D eigenvalue weighted by Gasteiger charge is 2.33. The van der Waals surface area contributed by atoms with Gasteiger partial charge in [0.15, 0.2) is 16.3 Å². The van der Waals surface area contributed by atoms with Gasteiger partial charge in [0.25, 0.3) is 5.56 Å². The lowest BCUT2D eigenvalue weighted by atomic mass is 9.96. The van der Waals surface area contributed by atoms with Gasteiger partial charge in [0.2, 0.25) is 0 Å². The van der Waals surface area contributed by atoms with Gasteiger partial charge in [0.05, 0.1) is 42.7 Å². The van der Waals surface area contributed by atoms with Crippen molar-refractivity contribution < 1.29 is 28.5 Å². The van der Waals surface area contributed by atoms with E-state index in [9.17, 15) is 9.59 Å². The smallest absolute Gasteiger partial charge is 0.338 e. The molecule has 4 aromatic rings. The largest absolute Gasteiger partial charge is 0.497 e. The number of hydrogen-bond donors (Lipinski definition) is 0. The normalized spacial score (nSPS) is 14.5. The molecule has 3 aromatic carbocycles. The number of carbonyl (C=O) groups excluding carboxylic acids is 1. The number of benzene rings is 3. The predicted octanol–water partition coefficient (Wildman–Crippen LogP) is 4.27. The molecule has 5 rings (SSSR count). The Morgan fingerprint density at radius 3 is 2.44 bits per heavy atom. The number of aromatic nitrogens is 1. The summed E-state index contributed by atoms with van der Waals surface area (Å²) in [4.78, 5) is 32.0. The number of nitrogens with zero attached hydrogens (tertiary/aromatic N) is 2. The summed E-state index contributed by atoms with van der Waals surface area (Å²) in [5, 5.41) is 0. The molecule has 0 radical (unpaired) electrons. The van der Waals surface area contributed by atoms with Crippen LogP contribution in [0.15, 0.2) is 93.9 Å². The minimum Gasteiger partial charge on any atom is -0.497 e. The topological polar surface area (TPSA) is 97.6 Å². The number of thiazole rings is 1. The first kappa shape index (κ1) is 29.7. The van der Waals surface area contributed by atoms with Crippen LogP contribution in [0.4, 0.5) is 0 Å². The molecular weight excluding hydrogens is 568 g/mol. The number of esters is 1. The number of methoxy groups -OCH3 is 2. The molecule has 0 N–H and O–H groups in total. The molecule has 1 aliphatic rings. The van der Waals surface area contributed by atoms with E-state index in [1.165, 1.54) is 11.3 Å². The summed E-state index contributed by atoms with van der Waals surface area (Å²) in [6.45, 7) is 4.37. The van der Waals surface area contributed by atoms with Crippen LogP contribution in [-0.2, 0) is 9.53 Å². The number of rotatable bonds is 11. The highest BCUT2D eigenvalue weighted by atomic mass is 32.1. The molecular formula is C33H32N2O7S. The highest BCUT2D eigenvalue weighted by Crippen LogP contribution is 2.31. The molecule has 0 fully saturated rings. The van der Waals surface area contributed by atoms with Gasteiger partial charge in [-0.2, -0.15) is 0 Å². The second kappa shape index (κ2) is 13.4. The van der Waals surface area contributed by atoms with Gasteiger partial charge in [-0.25, -0.2) is 9.79 Å². The van der Waals surface area contributed by atoms with Crippen molar-refractivity contribution >= 4 is 23.4 Å². The Bertz CT molecular complexity index is 1830. The molecule has 0 spiro atoms. The van der Waals surface area contributed by atoms with Crippen LogP contribution in [0.25, 0.3) is 6.08 Å². The first-order valence-corrected chi connectivity index (χ1v) is 14.6. The van der Waals surface area contributed by atoms with E-state index in [-0.39, 0.29) is 12.2 Å². The lowest BCUT2D eigenvalue weighted by Crippen LogP contribution is -2.39. The first-order valence-electron chi connectivity index (χ1n) is 13.8. The van der Waals surface area contributed by atoms with E-state index in [1.54, 1.807) is 56.9 Å². The Labute approximate surface area is 252 Å². The van der Waals surface area contributed by atoms with Crippen molar-refractivity contribution in [3.63, 3.8) is 0 Å². The number of ether oxygens (including phenoxy) is 5. The van der Waals surface area contributed by atoms with E-state index in [2.05, 4.69) is 4.99 Å². The minimum absolute atomic E-state index is 0.221. The summed E-state index contributed by atoms with van der Waals surface area (Å²) < 4.78 is 29.9. The van der Waals surface area contributed by atoms with Crippen molar-refractivity contribution in [3.05, 3.63) is 115 Å². The zero-order valence-electron chi connectivity index (χ0n) is 24.4. The fraction of sp³-hybridized carbons (Fsp3) is 0.242. The van der Waals surface area contributed by atoms with Crippen LogP contribution in [0.3, 0.4) is 0 Å². The summed E-state index contributed by atoms with van der Waals surface area (Å²) in [6, 6.07) is 21.6. The number of allylic oxidation sites excluding steroid dienone is 1. The van der Waals surface area contributed by atoms with Gasteiger partial charge in [0.1, 0.15) is 24.7 Å². The van der Waals surface area contributed by atoms with Gasteiger partial charge in [-0.1, -0.05) is 53.8 Å². The zero-order valence-corrected chi connectivity index (χ0v) is 25.2. The minimum atomic E-state index is -0.650. The van der Waals surface area contributed by atoms with E-state index in [0.29, 0.717) is 56.8 Å². The average Bonchev–Trinajstić information content (AvgIpc) is 3.33. The van der Waals surface area contributed by atoms with Crippen LogP contribution in [-0.4, -0.2) is 44.6 Å². The number of hydrogen-bond acceptors (Lipinski definition) is 9. The van der Waals surface area contributed by atoms with Crippen molar-refractivity contribution in [1.82, 2.24) is 4.57 Å². The van der Waals surface area contributed by atoms with Gasteiger partial charge in [0, 0.05) is 6.07 Å². The Balaban J connectivity index is 1.41. The van der Waals surface area contributed by atoms with Gasteiger partial charge >= 0.3 is 5.97 Å².